The number of carbonyl (C=O) groups is 1. The lowest BCUT2D eigenvalue weighted by molar-refractivity contribution is -0.127. The summed E-state index contributed by atoms with van der Waals surface area (Å²) in [4.78, 5) is 12.2. The SMILES string of the molecule is COc1ccccc1C=NNC(=O)C(C)Oc1ccc2ccccc2c1. The third kappa shape index (κ3) is 4.19. The molecule has 1 N–H and O–H groups in total. The first-order valence-corrected chi connectivity index (χ1v) is 8.29. The fourth-order valence-corrected chi connectivity index (χ4v) is 2.53. The van der Waals surface area contributed by atoms with Crippen LogP contribution in [0.2, 0.25) is 0 Å². The van der Waals surface area contributed by atoms with Crippen LogP contribution < -0.4 is 14.9 Å². The first kappa shape index (κ1) is 17.5. The van der Waals surface area contributed by atoms with E-state index in [4.69, 9.17) is 9.47 Å². The maximum absolute atomic E-state index is 12.2. The van der Waals surface area contributed by atoms with E-state index in [0.29, 0.717) is 11.5 Å². The molecule has 0 saturated carbocycles. The van der Waals surface area contributed by atoms with Gasteiger partial charge >= 0.3 is 0 Å². The molecule has 132 valence electrons. The molecule has 5 heteroatoms. The maximum atomic E-state index is 12.2. The van der Waals surface area contributed by atoms with Gasteiger partial charge in [0.1, 0.15) is 11.5 Å². The van der Waals surface area contributed by atoms with Gasteiger partial charge < -0.3 is 9.47 Å². The molecule has 1 atom stereocenters. The van der Waals surface area contributed by atoms with Gasteiger partial charge in [-0.25, -0.2) is 5.43 Å². The number of nitrogens with zero attached hydrogens (tertiary/aromatic N) is 1. The van der Waals surface area contributed by atoms with Crippen LogP contribution in [0.3, 0.4) is 0 Å². The summed E-state index contributed by atoms with van der Waals surface area (Å²) < 4.78 is 11.0. The average molecular weight is 348 g/mol. The standard InChI is InChI=1S/C21H20N2O3/c1-15(26-19-12-11-16-7-3-4-8-17(16)13-19)21(24)23-22-14-18-9-5-6-10-20(18)25-2/h3-15H,1-2H3,(H,23,24). The number of hydrazone groups is 1. The smallest absolute Gasteiger partial charge is 0.280 e. The zero-order valence-corrected chi connectivity index (χ0v) is 14.7. The number of para-hydroxylation sites is 1. The minimum atomic E-state index is -0.675. The third-order valence-corrected chi connectivity index (χ3v) is 3.92. The minimum absolute atomic E-state index is 0.329. The third-order valence-electron chi connectivity index (χ3n) is 3.92. The van der Waals surface area contributed by atoms with Crippen LogP contribution in [0.15, 0.2) is 71.8 Å². The van der Waals surface area contributed by atoms with Crippen molar-refractivity contribution in [2.24, 2.45) is 5.10 Å². The van der Waals surface area contributed by atoms with Crippen molar-refractivity contribution in [3.63, 3.8) is 0 Å². The van der Waals surface area contributed by atoms with Crippen molar-refractivity contribution in [3.05, 3.63) is 72.3 Å². The Morgan fingerprint density at radius 3 is 2.58 bits per heavy atom. The molecule has 0 radical (unpaired) electrons. The highest BCUT2D eigenvalue weighted by molar-refractivity contribution is 5.87. The topological polar surface area (TPSA) is 59.9 Å². The first-order valence-electron chi connectivity index (χ1n) is 8.29. The number of amides is 1. The fourth-order valence-electron chi connectivity index (χ4n) is 2.53. The van der Waals surface area contributed by atoms with E-state index in [1.807, 2.05) is 66.7 Å². The zero-order valence-electron chi connectivity index (χ0n) is 14.7. The normalized spacial score (nSPS) is 12.1. The van der Waals surface area contributed by atoms with Gasteiger partial charge in [-0.2, -0.15) is 5.10 Å². The van der Waals surface area contributed by atoms with E-state index in [0.717, 1.165) is 16.3 Å². The Morgan fingerprint density at radius 1 is 1.04 bits per heavy atom. The van der Waals surface area contributed by atoms with Crippen LogP contribution in [-0.4, -0.2) is 25.3 Å². The van der Waals surface area contributed by atoms with Gasteiger partial charge in [-0.15, -0.1) is 0 Å². The van der Waals surface area contributed by atoms with Crippen LogP contribution in [0.4, 0.5) is 0 Å². The number of hydrogen-bond acceptors (Lipinski definition) is 4. The minimum Gasteiger partial charge on any atom is -0.496 e. The lowest BCUT2D eigenvalue weighted by Gasteiger charge is -2.13. The number of fused-ring (bicyclic) bond motifs is 1. The van der Waals surface area contributed by atoms with E-state index in [9.17, 15) is 4.79 Å². The molecule has 0 aliphatic rings. The summed E-state index contributed by atoms with van der Waals surface area (Å²) in [5.41, 5.74) is 3.27. The Bertz CT molecular complexity index is 937. The van der Waals surface area contributed by atoms with Gasteiger partial charge in [-0.1, -0.05) is 42.5 Å². The molecule has 0 aliphatic carbocycles. The monoisotopic (exact) mass is 348 g/mol. The van der Waals surface area contributed by atoms with E-state index in [-0.39, 0.29) is 5.91 Å². The molecule has 0 saturated heterocycles. The van der Waals surface area contributed by atoms with Crippen molar-refractivity contribution in [3.8, 4) is 11.5 Å². The number of methoxy groups -OCH3 is 1. The van der Waals surface area contributed by atoms with Gasteiger partial charge in [0.15, 0.2) is 6.10 Å². The summed E-state index contributed by atoms with van der Waals surface area (Å²) in [6.45, 7) is 1.68. The van der Waals surface area contributed by atoms with Crippen molar-refractivity contribution >= 4 is 22.9 Å². The molecule has 0 spiro atoms. The van der Waals surface area contributed by atoms with E-state index in [2.05, 4.69) is 10.5 Å². The van der Waals surface area contributed by atoms with Crippen LogP contribution in [0.1, 0.15) is 12.5 Å². The maximum Gasteiger partial charge on any atom is 0.280 e. The summed E-state index contributed by atoms with van der Waals surface area (Å²) in [6, 6.07) is 21.1. The van der Waals surface area contributed by atoms with E-state index in [1.165, 1.54) is 0 Å². The Balaban J connectivity index is 1.61. The van der Waals surface area contributed by atoms with E-state index in [1.54, 1.807) is 20.2 Å². The largest absolute Gasteiger partial charge is 0.496 e. The summed E-state index contributed by atoms with van der Waals surface area (Å²) >= 11 is 0. The molecule has 3 rings (SSSR count). The fraction of sp³-hybridized carbons (Fsp3) is 0.143. The van der Waals surface area contributed by atoms with Gasteiger partial charge in [0.05, 0.1) is 13.3 Å². The highest BCUT2D eigenvalue weighted by Crippen LogP contribution is 2.21. The number of benzene rings is 3. The molecule has 1 unspecified atom stereocenters. The number of carbonyl (C=O) groups excluding carboxylic acids is 1. The summed E-state index contributed by atoms with van der Waals surface area (Å²) in [5, 5.41) is 6.16. The molecule has 0 aromatic heterocycles. The van der Waals surface area contributed by atoms with E-state index < -0.39 is 6.10 Å². The Hall–Kier alpha value is -3.34. The Morgan fingerprint density at radius 2 is 1.77 bits per heavy atom. The van der Waals surface area contributed by atoms with Crippen LogP contribution in [-0.2, 0) is 4.79 Å². The van der Waals surface area contributed by atoms with Crippen LogP contribution in [0.5, 0.6) is 11.5 Å². The van der Waals surface area contributed by atoms with E-state index >= 15 is 0 Å². The van der Waals surface area contributed by atoms with Crippen LogP contribution in [0.25, 0.3) is 10.8 Å². The molecule has 1 amide bonds. The molecular weight excluding hydrogens is 328 g/mol. The van der Waals surface area contributed by atoms with Gasteiger partial charge in [-0.05, 0) is 42.0 Å². The molecule has 3 aromatic rings. The lowest BCUT2D eigenvalue weighted by atomic mass is 10.1. The molecule has 0 heterocycles. The highest BCUT2D eigenvalue weighted by atomic mass is 16.5. The Labute approximate surface area is 152 Å². The van der Waals surface area contributed by atoms with Crippen LogP contribution in [0, 0.1) is 0 Å². The number of rotatable bonds is 6. The lowest BCUT2D eigenvalue weighted by Crippen LogP contribution is -2.33. The van der Waals surface area contributed by atoms with Gasteiger partial charge in [0.25, 0.3) is 5.91 Å². The number of ether oxygens (including phenoxy) is 2. The quantitative estimate of drug-likeness (QED) is 0.545. The predicted octanol–water partition coefficient (Wildman–Crippen LogP) is 3.77. The Kier molecular flexibility index (Phi) is 5.49. The summed E-state index contributed by atoms with van der Waals surface area (Å²) in [5.74, 6) is 0.996. The van der Waals surface area contributed by atoms with Crippen molar-refractivity contribution < 1.29 is 14.3 Å². The zero-order chi connectivity index (χ0) is 18.4. The number of nitrogens with one attached hydrogen (secondary N) is 1. The summed E-state index contributed by atoms with van der Waals surface area (Å²) in [7, 11) is 1.59. The molecule has 0 bridgehead atoms. The number of hydrogen-bond donors (Lipinski definition) is 1. The van der Waals surface area contributed by atoms with Crippen molar-refractivity contribution in [1.82, 2.24) is 5.43 Å². The molecule has 0 aliphatic heterocycles. The average Bonchev–Trinajstić information content (AvgIpc) is 2.68. The van der Waals surface area contributed by atoms with Crippen molar-refractivity contribution in [2.45, 2.75) is 13.0 Å². The highest BCUT2D eigenvalue weighted by Gasteiger charge is 2.14. The van der Waals surface area contributed by atoms with Crippen LogP contribution >= 0.6 is 0 Å². The van der Waals surface area contributed by atoms with Crippen molar-refractivity contribution in [2.75, 3.05) is 7.11 Å². The van der Waals surface area contributed by atoms with Gasteiger partial charge in [0.2, 0.25) is 0 Å². The van der Waals surface area contributed by atoms with Gasteiger partial charge in [-0.3, -0.25) is 4.79 Å². The molecule has 0 fully saturated rings. The second kappa shape index (κ2) is 8.16. The predicted molar refractivity (Wildman–Crippen MR) is 103 cm³/mol. The van der Waals surface area contributed by atoms with Crippen molar-refractivity contribution in [1.29, 1.82) is 0 Å². The molecule has 5 nitrogen and oxygen atoms in total. The second-order valence-electron chi connectivity index (χ2n) is 5.75. The second-order valence-corrected chi connectivity index (χ2v) is 5.75. The summed E-state index contributed by atoms with van der Waals surface area (Å²) in [6.07, 6.45) is 0.866. The first-order chi connectivity index (χ1) is 12.7. The van der Waals surface area contributed by atoms with Gasteiger partial charge in [0, 0.05) is 5.56 Å². The molecule has 26 heavy (non-hydrogen) atoms. The molecule has 3 aromatic carbocycles. The molecular formula is C21H20N2O3.